The molecular weight excluding hydrogens is 244 g/mol. The highest BCUT2D eigenvalue weighted by molar-refractivity contribution is 5.95. The smallest absolute Gasteiger partial charge is 0.253 e. The van der Waals surface area contributed by atoms with Gasteiger partial charge in [0.1, 0.15) is 0 Å². The Balaban J connectivity index is 2.68. The first-order chi connectivity index (χ1) is 8.71. The van der Waals surface area contributed by atoms with E-state index in [1.807, 2.05) is 19.0 Å². The van der Waals surface area contributed by atoms with Gasteiger partial charge in [0.25, 0.3) is 5.91 Å². The molecule has 6 heteroatoms. The van der Waals surface area contributed by atoms with Gasteiger partial charge in [-0.1, -0.05) is 0 Å². The lowest BCUT2D eigenvalue weighted by molar-refractivity contribution is 0.0325. The van der Waals surface area contributed by atoms with Crippen LogP contribution in [0.2, 0.25) is 0 Å². The standard InChI is InChI=1S/C13H22N4O2/c1-9-11(5-10(14)6-15-9)12(18)16-7-13(2,19)8-17(3)4/h5-6,19H,7-8,14H2,1-4H3,(H,16,18). The molecule has 0 spiro atoms. The first kappa shape index (κ1) is 15.4. The van der Waals surface area contributed by atoms with Crippen LogP contribution in [0, 0.1) is 6.92 Å². The average molecular weight is 266 g/mol. The van der Waals surface area contributed by atoms with Crippen LogP contribution in [-0.4, -0.2) is 53.7 Å². The number of carbonyl (C=O) groups is 1. The number of aryl methyl sites for hydroxylation is 1. The van der Waals surface area contributed by atoms with Gasteiger partial charge in [-0.15, -0.1) is 0 Å². The third-order valence-electron chi connectivity index (χ3n) is 2.64. The lowest BCUT2D eigenvalue weighted by Crippen LogP contribution is -2.47. The Morgan fingerprint density at radius 2 is 2.21 bits per heavy atom. The second kappa shape index (κ2) is 5.99. The second-order valence-corrected chi connectivity index (χ2v) is 5.32. The molecule has 1 unspecified atom stereocenters. The van der Waals surface area contributed by atoms with Gasteiger partial charge >= 0.3 is 0 Å². The van der Waals surface area contributed by atoms with Gasteiger partial charge in [-0.05, 0) is 34.0 Å². The van der Waals surface area contributed by atoms with Crippen molar-refractivity contribution >= 4 is 11.6 Å². The second-order valence-electron chi connectivity index (χ2n) is 5.32. The van der Waals surface area contributed by atoms with E-state index in [0.717, 1.165) is 0 Å². The van der Waals surface area contributed by atoms with Gasteiger partial charge in [0, 0.05) is 13.1 Å². The molecule has 0 bridgehead atoms. The number of likely N-dealkylation sites (N-methyl/N-ethyl adjacent to an activating group) is 1. The number of nitrogen functional groups attached to an aromatic ring is 1. The molecule has 0 aromatic carbocycles. The summed E-state index contributed by atoms with van der Waals surface area (Å²) in [5.41, 5.74) is 6.11. The topological polar surface area (TPSA) is 91.5 Å². The Hall–Kier alpha value is -1.66. The maximum absolute atomic E-state index is 12.0. The SMILES string of the molecule is Cc1ncc(N)cc1C(=O)NCC(C)(O)CN(C)C. The summed E-state index contributed by atoms with van der Waals surface area (Å²) in [6.45, 7) is 4.05. The van der Waals surface area contributed by atoms with Gasteiger partial charge < -0.3 is 21.1 Å². The normalized spacial score (nSPS) is 14.2. The molecule has 0 fully saturated rings. The highest BCUT2D eigenvalue weighted by Crippen LogP contribution is 2.10. The maximum Gasteiger partial charge on any atom is 0.253 e. The van der Waals surface area contributed by atoms with E-state index in [-0.39, 0.29) is 12.5 Å². The monoisotopic (exact) mass is 266 g/mol. The number of anilines is 1. The van der Waals surface area contributed by atoms with Crippen LogP contribution in [0.3, 0.4) is 0 Å². The molecule has 1 heterocycles. The molecule has 0 saturated heterocycles. The lowest BCUT2D eigenvalue weighted by Gasteiger charge is -2.27. The minimum atomic E-state index is -0.985. The third kappa shape index (κ3) is 4.84. The number of aliphatic hydroxyl groups is 1. The zero-order valence-corrected chi connectivity index (χ0v) is 11.9. The number of pyridine rings is 1. The fourth-order valence-electron chi connectivity index (χ4n) is 1.88. The number of rotatable bonds is 5. The van der Waals surface area contributed by atoms with Crippen molar-refractivity contribution in [1.29, 1.82) is 0 Å². The van der Waals surface area contributed by atoms with E-state index < -0.39 is 5.60 Å². The molecule has 1 aromatic heterocycles. The zero-order chi connectivity index (χ0) is 14.6. The van der Waals surface area contributed by atoms with Crippen molar-refractivity contribution in [3.05, 3.63) is 23.5 Å². The van der Waals surface area contributed by atoms with Crippen molar-refractivity contribution in [2.75, 3.05) is 32.9 Å². The number of nitrogens with zero attached hydrogens (tertiary/aromatic N) is 2. The molecule has 1 atom stereocenters. The van der Waals surface area contributed by atoms with Crippen molar-refractivity contribution in [1.82, 2.24) is 15.2 Å². The highest BCUT2D eigenvalue weighted by atomic mass is 16.3. The van der Waals surface area contributed by atoms with Crippen LogP contribution in [0.5, 0.6) is 0 Å². The fourth-order valence-corrected chi connectivity index (χ4v) is 1.88. The van der Waals surface area contributed by atoms with Crippen molar-refractivity contribution in [3.63, 3.8) is 0 Å². The Morgan fingerprint density at radius 3 is 2.79 bits per heavy atom. The molecule has 0 radical (unpaired) electrons. The predicted octanol–water partition coefficient (Wildman–Crippen LogP) is 0.0146. The highest BCUT2D eigenvalue weighted by Gasteiger charge is 2.22. The van der Waals surface area contributed by atoms with Crippen molar-refractivity contribution in [2.45, 2.75) is 19.4 Å². The van der Waals surface area contributed by atoms with Crippen LogP contribution in [0.25, 0.3) is 0 Å². The van der Waals surface area contributed by atoms with Gasteiger partial charge in [-0.2, -0.15) is 0 Å². The Kier molecular flexibility index (Phi) is 4.85. The third-order valence-corrected chi connectivity index (χ3v) is 2.64. The maximum atomic E-state index is 12.0. The molecule has 0 aliphatic heterocycles. The summed E-state index contributed by atoms with van der Waals surface area (Å²) in [7, 11) is 3.73. The number of hydrogen-bond acceptors (Lipinski definition) is 5. The van der Waals surface area contributed by atoms with Crippen LogP contribution in [0.4, 0.5) is 5.69 Å². The average Bonchev–Trinajstić information content (AvgIpc) is 2.27. The van der Waals surface area contributed by atoms with E-state index in [1.54, 1.807) is 19.9 Å². The number of nitrogens with one attached hydrogen (secondary N) is 1. The lowest BCUT2D eigenvalue weighted by atomic mass is 10.1. The van der Waals surface area contributed by atoms with E-state index >= 15 is 0 Å². The molecule has 106 valence electrons. The molecule has 0 aliphatic carbocycles. The van der Waals surface area contributed by atoms with Gasteiger partial charge in [0.05, 0.1) is 28.7 Å². The fraction of sp³-hybridized carbons (Fsp3) is 0.538. The zero-order valence-electron chi connectivity index (χ0n) is 11.9. The minimum absolute atomic E-state index is 0.165. The van der Waals surface area contributed by atoms with Crippen LogP contribution in [0.1, 0.15) is 23.0 Å². The first-order valence-electron chi connectivity index (χ1n) is 6.09. The Bertz CT molecular complexity index is 458. The van der Waals surface area contributed by atoms with E-state index in [9.17, 15) is 9.90 Å². The number of hydrogen-bond donors (Lipinski definition) is 3. The molecule has 19 heavy (non-hydrogen) atoms. The number of nitrogens with two attached hydrogens (primary N) is 1. The van der Waals surface area contributed by atoms with Crippen LogP contribution >= 0.6 is 0 Å². The largest absolute Gasteiger partial charge is 0.397 e. The molecular formula is C13H22N4O2. The van der Waals surface area contributed by atoms with Gasteiger partial charge in [0.15, 0.2) is 0 Å². The van der Waals surface area contributed by atoms with E-state index in [4.69, 9.17) is 5.73 Å². The molecule has 1 aromatic rings. The first-order valence-corrected chi connectivity index (χ1v) is 6.09. The van der Waals surface area contributed by atoms with Crippen molar-refractivity contribution in [3.8, 4) is 0 Å². The van der Waals surface area contributed by atoms with E-state index in [2.05, 4.69) is 10.3 Å². The van der Waals surface area contributed by atoms with Crippen LogP contribution in [-0.2, 0) is 0 Å². The van der Waals surface area contributed by atoms with Crippen molar-refractivity contribution < 1.29 is 9.90 Å². The molecule has 0 aliphatic rings. The Morgan fingerprint density at radius 1 is 1.58 bits per heavy atom. The van der Waals surface area contributed by atoms with Gasteiger partial charge in [0.2, 0.25) is 0 Å². The van der Waals surface area contributed by atoms with Crippen LogP contribution < -0.4 is 11.1 Å². The molecule has 1 rings (SSSR count). The van der Waals surface area contributed by atoms with Crippen LogP contribution in [0.15, 0.2) is 12.3 Å². The molecule has 6 nitrogen and oxygen atoms in total. The molecule has 4 N–H and O–H groups in total. The summed E-state index contributed by atoms with van der Waals surface area (Å²) >= 11 is 0. The summed E-state index contributed by atoms with van der Waals surface area (Å²) < 4.78 is 0. The summed E-state index contributed by atoms with van der Waals surface area (Å²) in [4.78, 5) is 17.9. The number of amides is 1. The summed E-state index contributed by atoms with van der Waals surface area (Å²) in [6.07, 6.45) is 1.51. The summed E-state index contributed by atoms with van der Waals surface area (Å²) in [6, 6.07) is 1.58. The van der Waals surface area contributed by atoms with Gasteiger partial charge in [-0.3, -0.25) is 9.78 Å². The van der Waals surface area contributed by atoms with E-state index in [1.165, 1.54) is 6.20 Å². The number of carbonyl (C=O) groups excluding carboxylic acids is 1. The quantitative estimate of drug-likeness (QED) is 0.698. The predicted molar refractivity (Wildman–Crippen MR) is 74.9 cm³/mol. The van der Waals surface area contributed by atoms with Crippen molar-refractivity contribution in [2.24, 2.45) is 0 Å². The Labute approximate surface area is 113 Å². The molecule has 1 amide bonds. The summed E-state index contributed by atoms with van der Waals surface area (Å²) in [5.74, 6) is -0.281. The summed E-state index contributed by atoms with van der Waals surface area (Å²) in [5, 5.41) is 12.8. The number of aromatic nitrogens is 1. The molecule has 0 saturated carbocycles. The minimum Gasteiger partial charge on any atom is -0.397 e. The van der Waals surface area contributed by atoms with Gasteiger partial charge in [-0.25, -0.2) is 0 Å². The van der Waals surface area contributed by atoms with E-state index in [0.29, 0.717) is 23.5 Å².